The highest BCUT2D eigenvalue weighted by Crippen LogP contribution is 2.32. The number of ether oxygens (including phenoxy) is 1. The van der Waals surface area contributed by atoms with Crippen molar-refractivity contribution in [3.63, 3.8) is 0 Å². The number of anilines is 1. The van der Waals surface area contributed by atoms with E-state index in [0.29, 0.717) is 22.8 Å². The molecule has 0 unspecified atom stereocenters. The molecule has 4 aromatic rings. The molecular weight excluding hydrogens is 406 g/mol. The van der Waals surface area contributed by atoms with Gasteiger partial charge >= 0.3 is 0 Å². The number of aromatic nitrogens is 2. The number of hydrogen-bond donors (Lipinski definition) is 1. The van der Waals surface area contributed by atoms with E-state index in [1.807, 2.05) is 66.7 Å². The Morgan fingerprint density at radius 2 is 1.87 bits per heavy atom. The summed E-state index contributed by atoms with van der Waals surface area (Å²) in [4.78, 5) is 21.1. The van der Waals surface area contributed by atoms with Gasteiger partial charge in [0.25, 0.3) is 5.91 Å². The van der Waals surface area contributed by atoms with Gasteiger partial charge in [0, 0.05) is 41.0 Å². The van der Waals surface area contributed by atoms with E-state index in [9.17, 15) is 4.79 Å². The molecule has 1 N–H and O–H groups in total. The van der Waals surface area contributed by atoms with Crippen molar-refractivity contribution >= 4 is 23.4 Å². The van der Waals surface area contributed by atoms with Crippen molar-refractivity contribution in [2.24, 2.45) is 0 Å². The van der Waals surface area contributed by atoms with Gasteiger partial charge in [-0.1, -0.05) is 42.5 Å². The number of carbonyl (C=O) groups excluding carboxylic acids is 1. The molecule has 1 aromatic heterocycles. The van der Waals surface area contributed by atoms with Crippen molar-refractivity contribution in [1.29, 1.82) is 0 Å². The molecule has 0 bridgehead atoms. The number of hydrogen-bond acceptors (Lipinski definition) is 5. The lowest BCUT2D eigenvalue weighted by Gasteiger charge is -2.12. The Labute approximate surface area is 185 Å². The highest BCUT2D eigenvalue weighted by molar-refractivity contribution is 7.98. The van der Waals surface area contributed by atoms with E-state index < -0.39 is 0 Å². The van der Waals surface area contributed by atoms with Crippen LogP contribution in [0.4, 0.5) is 5.69 Å². The Kier molecular flexibility index (Phi) is 6.59. The minimum atomic E-state index is -0.166. The largest absolute Gasteiger partial charge is 0.496 e. The van der Waals surface area contributed by atoms with Crippen LogP contribution in [0.2, 0.25) is 0 Å². The number of nitrogens with one attached hydrogen (secondary N) is 1. The van der Waals surface area contributed by atoms with E-state index in [4.69, 9.17) is 4.74 Å². The maximum absolute atomic E-state index is 12.8. The lowest BCUT2D eigenvalue weighted by molar-refractivity contribution is 0.102. The molecular formula is C25H21N3O2S. The molecule has 0 saturated heterocycles. The van der Waals surface area contributed by atoms with Crippen molar-refractivity contribution < 1.29 is 9.53 Å². The lowest BCUT2D eigenvalue weighted by Crippen LogP contribution is -2.12. The summed E-state index contributed by atoms with van der Waals surface area (Å²) < 4.78 is 5.56. The molecule has 0 aliphatic carbocycles. The van der Waals surface area contributed by atoms with E-state index >= 15 is 0 Å². The van der Waals surface area contributed by atoms with Crippen LogP contribution in [-0.4, -0.2) is 23.0 Å². The third-order valence-electron chi connectivity index (χ3n) is 4.66. The molecule has 0 aliphatic rings. The van der Waals surface area contributed by atoms with E-state index in [2.05, 4.69) is 15.3 Å². The summed E-state index contributed by atoms with van der Waals surface area (Å²) in [5.41, 5.74) is 4.36. The lowest BCUT2D eigenvalue weighted by atomic mass is 10.0. The third-order valence-corrected chi connectivity index (χ3v) is 5.64. The number of amides is 1. The quantitative estimate of drug-likeness (QED) is 0.384. The minimum Gasteiger partial charge on any atom is -0.496 e. The van der Waals surface area contributed by atoms with Crippen LogP contribution in [-0.2, 0) is 5.75 Å². The Morgan fingerprint density at radius 1 is 1.00 bits per heavy atom. The Morgan fingerprint density at radius 3 is 2.65 bits per heavy atom. The molecule has 6 heteroatoms. The average molecular weight is 428 g/mol. The molecule has 31 heavy (non-hydrogen) atoms. The molecule has 3 aromatic carbocycles. The van der Waals surface area contributed by atoms with Crippen molar-refractivity contribution in [2.45, 2.75) is 10.8 Å². The molecule has 0 fully saturated rings. The van der Waals surface area contributed by atoms with Gasteiger partial charge in [0.2, 0.25) is 0 Å². The van der Waals surface area contributed by atoms with E-state index in [1.165, 1.54) is 0 Å². The summed E-state index contributed by atoms with van der Waals surface area (Å²) in [5.74, 6) is 1.25. The summed E-state index contributed by atoms with van der Waals surface area (Å²) in [7, 11) is 1.63. The van der Waals surface area contributed by atoms with Gasteiger partial charge in [0.05, 0.1) is 13.3 Å². The standard InChI is InChI=1S/C25H21N3O2S/c1-30-23-15-21(10-11-22(23)19-7-3-2-4-8-19)28-25(29)20-9-5-6-18(14-20)17-31-24-16-26-12-13-27-24/h2-16H,17H2,1H3,(H,28,29). The predicted molar refractivity (Wildman–Crippen MR) is 124 cm³/mol. The van der Waals surface area contributed by atoms with Crippen LogP contribution in [0.3, 0.4) is 0 Å². The van der Waals surface area contributed by atoms with E-state index in [1.54, 1.807) is 43.5 Å². The Bertz CT molecular complexity index is 1170. The van der Waals surface area contributed by atoms with Gasteiger partial charge < -0.3 is 10.1 Å². The molecule has 0 atom stereocenters. The SMILES string of the molecule is COc1cc(NC(=O)c2cccc(CSc3cnccn3)c2)ccc1-c1ccccc1. The molecule has 0 spiro atoms. The molecule has 0 saturated carbocycles. The van der Waals surface area contributed by atoms with Crippen molar-refractivity contribution in [3.05, 3.63) is 103 Å². The second kappa shape index (κ2) is 9.91. The van der Waals surface area contributed by atoms with Gasteiger partial charge in [-0.25, -0.2) is 4.98 Å². The number of benzene rings is 3. The van der Waals surface area contributed by atoms with Gasteiger partial charge in [0.15, 0.2) is 0 Å². The first-order valence-corrected chi connectivity index (χ1v) is 10.7. The second-order valence-electron chi connectivity index (χ2n) is 6.77. The topological polar surface area (TPSA) is 64.1 Å². The number of methoxy groups -OCH3 is 1. The summed E-state index contributed by atoms with van der Waals surface area (Å²) >= 11 is 1.58. The summed E-state index contributed by atoms with van der Waals surface area (Å²) in [5, 5.41) is 3.81. The molecule has 4 rings (SSSR count). The van der Waals surface area contributed by atoms with Crippen LogP contribution in [0.25, 0.3) is 11.1 Å². The maximum Gasteiger partial charge on any atom is 0.255 e. The molecule has 1 heterocycles. The first-order chi connectivity index (χ1) is 15.2. The van der Waals surface area contributed by atoms with Crippen molar-refractivity contribution in [3.8, 4) is 16.9 Å². The fourth-order valence-electron chi connectivity index (χ4n) is 3.15. The average Bonchev–Trinajstić information content (AvgIpc) is 2.84. The maximum atomic E-state index is 12.8. The van der Waals surface area contributed by atoms with E-state index in [-0.39, 0.29) is 5.91 Å². The fraction of sp³-hybridized carbons (Fsp3) is 0.0800. The number of nitrogens with zero attached hydrogens (tertiary/aromatic N) is 2. The number of thioether (sulfide) groups is 1. The number of carbonyl (C=O) groups is 1. The van der Waals surface area contributed by atoms with Crippen molar-refractivity contribution in [1.82, 2.24) is 9.97 Å². The summed E-state index contributed by atoms with van der Waals surface area (Å²) in [6.07, 6.45) is 5.05. The summed E-state index contributed by atoms with van der Waals surface area (Å²) in [6, 6.07) is 23.3. The highest BCUT2D eigenvalue weighted by atomic mass is 32.2. The molecule has 5 nitrogen and oxygen atoms in total. The zero-order valence-electron chi connectivity index (χ0n) is 17.0. The molecule has 1 amide bonds. The van der Waals surface area contributed by atoms with Gasteiger partial charge in [0.1, 0.15) is 10.8 Å². The smallest absolute Gasteiger partial charge is 0.255 e. The zero-order valence-corrected chi connectivity index (χ0v) is 17.8. The van der Waals surface area contributed by atoms with Gasteiger partial charge in [-0.15, -0.1) is 11.8 Å². The monoisotopic (exact) mass is 427 g/mol. The van der Waals surface area contributed by atoms with E-state index in [0.717, 1.165) is 21.7 Å². The zero-order chi connectivity index (χ0) is 21.5. The van der Waals surface area contributed by atoms with Crippen molar-refractivity contribution in [2.75, 3.05) is 12.4 Å². The number of rotatable bonds is 7. The van der Waals surface area contributed by atoms with Crippen LogP contribution in [0, 0.1) is 0 Å². The fourth-order valence-corrected chi connectivity index (χ4v) is 3.91. The minimum absolute atomic E-state index is 0.166. The highest BCUT2D eigenvalue weighted by Gasteiger charge is 2.11. The van der Waals surface area contributed by atoms with Crippen LogP contribution >= 0.6 is 11.8 Å². The Hall–Kier alpha value is -3.64. The van der Waals surface area contributed by atoms with Crippen LogP contribution in [0.5, 0.6) is 5.75 Å². The van der Waals surface area contributed by atoms with Gasteiger partial charge in [-0.05, 0) is 35.4 Å². The van der Waals surface area contributed by atoms with Crippen LogP contribution < -0.4 is 10.1 Å². The van der Waals surface area contributed by atoms with Gasteiger partial charge in [-0.2, -0.15) is 0 Å². The molecule has 0 aliphatic heterocycles. The molecule has 0 radical (unpaired) electrons. The third kappa shape index (κ3) is 5.29. The molecule has 154 valence electrons. The van der Waals surface area contributed by atoms with Crippen LogP contribution in [0.15, 0.2) is 96.4 Å². The van der Waals surface area contributed by atoms with Gasteiger partial charge in [-0.3, -0.25) is 9.78 Å². The first-order valence-electron chi connectivity index (χ1n) is 9.75. The second-order valence-corrected chi connectivity index (χ2v) is 7.76. The summed E-state index contributed by atoms with van der Waals surface area (Å²) in [6.45, 7) is 0. The normalized spacial score (nSPS) is 10.5. The van der Waals surface area contributed by atoms with Crippen LogP contribution in [0.1, 0.15) is 15.9 Å². The first kappa shape index (κ1) is 20.6. The predicted octanol–water partition coefficient (Wildman–Crippen LogP) is 5.70. The Balaban J connectivity index is 1.47.